The average Bonchev–Trinajstić information content (AvgIpc) is 2.96. The van der Waals surface area contributed by atoms with E-state index in [9.17, 15) is 14.4 Å². The number of carboxylic acid groups (broad SMARTS) is 1. The van der Waals surface area contributed by atoms with Gasteiger partial charge in [0.2, 0.25) is 5.91 Å². The molecule has 0 unspecified atom stereocenters. The largest absolute Gasteiger partial charge is 0.481 e. The fraction of sp³-hybridized carbons (Fsp3) is 0.700. The van der Waals surface area contributed by atoms with Gasteiger partial charge in [-0.15, -0.1) is 0 Å². The fourth-order valence-corrected chi connectivity index (χ4v) is 1.50. The van der Waals surface area contributed by atoms with Gasteiger partial charge in [0, 0.05) is 7.05 Å². The predicted molar refractivity (Wildman–Crippen MR) is 53.5 cm³/mol. The van der Waals surface area contributed by atoms with Gasteiger partial charge >= 0.3 is 11.9 Å². The third-order valence-electron chi connectivity index (χ3n) is 2.47. The van der Waals surface area contributed by atoms with E-state index in [1.165, 1.54) is 11.9 Å². The quantitative estimate of drug-likeness (QED) is 0.656. The minimum absolute atomic E-state index is 0.129. The zero-order valence-corrected chi connectivity index (χ0v) is 9.30. The third kappa shape index (κ3) is 2.95. The number of esters is 1. The minimum atomic E-state index is -0.956. The summed E-state index contributed by atoms with van der Waals surface area (Å²) in [5, 5.41) is 8.66. The van der Waals surface area contributed by atoms with Gasteiger partial charge < -0.3 is 14.7 Å². The Kier molecular flexibility index (Phi) is 3.87. The highest BCUT2D eigenvalue weighted by atomic mass is 16.5. The summed E-state index contributed by atoms with van der Waals surface area (Å²) in [5.74, 6) is -2.80. The molecule has 1 N–H and O–H groups in total. The standard InChI is InChI=1S/C10H15NO5/c1-3-16-8(12)5-11(2)9(13)6-4-7(6)10(14)15/h6-7H,3-5H2,1-2H3,(H,14,15)/t6-,7+/m1/s1. The number of hydrogen-bond acceptors (Lipinski definition) is 4. The Bertz CT molecular complexity index is 314. The van der Waals surface area contributed by atoms with Crippen molar-refractivity contribution in [3.63, 3.8) is 0 Å². The van der Waals surface area contributed by atoms with E-state index in [1.807, 2.05) is 0 Å². The Morgan fingerprint density at radius 2 is 2.00 bits per heavy atom. The molecular formula is C10H15NO5. The molecule has 6 nitrogen and oxygen atoms in total. The molecule has 0 heterocycles. The van der Waals surface area contributed by atoms with Crippen molar-refractivity contribution >= 4 is 17.8 Å². The molecule has 0 radical (unpaired) electrons. The van der Waals surface area contributed by atoms with Crippen molar-refractivity contribution in [2.24, 2.45) is 11.8 Å². The van der Waals surface area contributed by atoms with Gasteiger partial charge in [-0.2, -0.15) is 0 Å². The van der Waals surface area contributed by atoms with Crippen LogP contribution in [0.1, 0.15) is 13.3 Å². The molecule has 1 fully saturated rings. The smallest absolute Gasteiger partial charge is 0.325 e. The lowest BCUT2D eigenvalue weighted by Gasteiger charge is -2.15. The lowest BCUT2D eigenvalue weighted by molar-refractivity contribution is -0.148. The molecule has 1 rings (SSSR count). The summed E-state index contributed by atoms with van der Waals surface area (Å²) in [6.07, 6.45) is 0.362. The Labute approximate surface area is 93.2 Å². The van der Waals surface area contributed by atoms with Crippen molar-refractivity contribution in [3.8, 4) is 0 Å². The van der Waals surface area contributed by atoms with Crippen LogP contribution in [0.3, 0.4) is 0 Å². The number of nitrogens with zero attached hydrogens (tertiary/aromatic N) is 1. The number of carbonyl (C=O) groups is 3. The van der Waals surface area contributed by atoms with Crippen LogP contribution >= 0.6 is 0 Å². The van der Waals surface area contributed by atoms with Crippen molar-refractivity contribution in [1.82, 2.24) is 4.90 Å². The fourth-order valence-electron chi connectivity index (χ4n) is 1.50. The maximum absolute atomic E-state index is 11.6. The molecule has 16 heavy (non-hydrogen) atoms. The van der Waals surface area contributed by atoms with Gasteiger partial charge in [-0.25, -0.2) is 0 Å². The van der Waals surface area contributed by atoms with E-state index in [0.717, 1.165) is 0 Å². The van der Waals surface area contributed by atoms with E-state index in [4.69, 9.17) is 5.11 Å². The maximum Gasteiger partial charge on any atom is 0.325 e. The second-order valence-electron chi connectivity index (χ2n) is 3.79. The van der Waals surface area contributed by atoms with Crippen LogP contribution < -0.4 is 0 Å². The second-order valence-corrected chi connectivity index (χ2v) is 3.79. The molecular weight excluding hydrogens is 214 g/mol. The first-order valence-corrected chi connectivity index (χ1v) is 5.10. The van der Waals surface area contributed by atoms with Crippen LogP contribution in [0.25, 0.3) is 0 Å². The van der Waals surface area contributed by atoms with Gasteiger partial charge in [0.15, 0.2) is 0 Å². The Balaban J connectivity index is 2.38. The van der Waals surface area contributed by atoms with E-state index in [0.29, 0.717) is 6.42 Å². The molecule has 90 valence electrons. The van der Waals surface area contributed by atoms with E-state index in [1.54, 1.807) is 6.92 Å². The first kappa shape index (κ1) is 12.5. The Hall–Kier alpha value is -1.59. The summed E-state index contributed by atoms with van der Waals surface area (Å²) in [5.41, 5.74) is 0. The van der Waals surface area contributed by atoms with E-state index < -0.39 is 23.8 Å². The highest BCUT2D eigenvalue weighted by Gasteiger charge is 2.49. The van der Waals surface area contributed by atoms with Crippen LogP contribution in [0.5, 0.6) is 0 Å². The monoisotopic (exact) mass is 229 g/mol. The number of carboxylic acids is 1. The van der Waals surface area contributed by atoms with E-state index >= 15 is 0 Å². The number of amides is 1. The summed E-state index contributed by atoms with van der Waals surface area (Å²) < 4.78 is 4.69. The Morgan fingerprint density at radius 1 is 1.38 bits per heavy atom. The average molecular weight is 229 g/mol. The lowest BCUT2D eigenvalue weighted by Crippen LogP contribution is -2.34. The molecule has 0 bridgehead atoms. The molecule has 0 aromatic heterocycles. The molecule has 0 aromatic rings. The van der Waals surface area contributed by atoms with Gasteiger partial charge in [-0.1, -0.05) is 0 Å². The van der Waals surface area contributed by atoms with E-state index in [-0.39, 0.29) is 19.1 Å². The van der Waals surface area contributed by atoms with Crippen LogP contribution in [0.2, 0.25) is 0 Å². The van der Waals surface area contributed by atoms with Crippen LogP contribution in [0, 0.1) is 11.8 Å². The summed E-state index contributed by atoms with van der Waals surface area (Å²) in [7, 11) is 1.47. The van der Waals surface area contributed by atoms with Crippen molar-refractivity contribution in [2.45, 2.75) is 13.3 Å². The molecule has 0 aliphatic heterocycles. The summed E-state index contributed by atoms with van der Waals surface area (Å²) in [6, 6.07) is 0. The third-order valence-corrected chi connectivity index (χ3v) is 2.47. The summed E-state index contributed by atoms with van der Waals surface area (Å²) in [6.45, 7) is 1.82. The van der Waals surface area contributed by atoms with Crippen LogP contribution in [0.15, 0.2) is 0 Å². The molecule has 0 aromatic carbocycles. The molecule has 2 atom stereocenters. The van der Waals surface area contributed by atoms with Crippen molar-refractivity contribution < 1.29 is 24.2 Å². The topological polar surface area (TPSA) is 83.9 Å². The van der Waals surface area contributed by atoms with Crippen LogP contribution in [-0.4, -0.2) is 48.1 Å². The number of hydrogen-bond donors (Lipinski definition) is 1. The molecule has 1 amide bonds. The van der Waals surface area contributed by atoms with Gasteiger partial charge in [-0.05, 0) is 13.3 Å². The zero-order chi connectivity index (χ0) is 12.3. The number of aliphatic carboxylic acids is 1. The van der Waals surface area contributed by atoms with Gasteiger partial charge in [0.25, 0.3) is 0 Å². The first-order valence-electron chi connectivity index (χ1n) is 5.10. The summed E-state index contributed by atoms with van der Waals surface area (Å²) in [4.78, 5) is 34.5. The van der Waals surface area contributed by atoms with Gasteiger partial charge in [0.05, 0.1) is 18.4 Å². The van der Waals surface area contributed by atoms with Gasteiger partial charge in [0.1, 0.15) is 6.54 Å². The first-order chi connectivity index (χ1) is 7.47. The zero-order valence-electron chi connectivity index (χ0n) is 9.30. The van der Waals surface area contributed by atoms with Crippen molar-refractivity contribution in [2.75, 3.05) is 20.2 Å². The second kappa shape index (κ2) is 4.96. The van der Waals surface area contributed by atoms with Crippen molar-refractivity contribution in [3.05, 3.63) is 0 Å². The number of likely N-dealkylation sites (N-methyl/N-ethyl adjacent to an activating group) is 1. The van der Waals surface area contributed by atoms with Gasteiger partial charge in [-0.3, -0.25) is 14.4 Å². The summed E-state index contributed by atoms with van der Waals surface area (Å²) >= 11 is 0. The van der Waals surface area contributed by atoms with Crippen LogP contribution in [0.4, 0.5) is 0 Å². The maximum atomic E-state index is 11.6. The van der Waals surface area contributed by atoms with Crippen molar-refractivity contribution in [1.29, 1.82) is 0 Å². The lowest BCUT2D eigenvalue weighted by atomic mass is 10.3. The Morgan fingerprint density at radius 3 is 2.44 bits per heavy atom. The number of ether oxygens (including phenoxy) is 1. The van der Waals surface area contributed by atoms with E-state index in [2.05, 4.69) is 4.74 Å². The SMILES string of the molecule is CCOC(=O)CN(C)C(=O)[C@@H]1C[C@@H]1C(=O)O. The number of rotatable bonds is 5. The molecule has 6 heteroatoms. The van der Waals surface area contributed by atoms with Crippen LogP contribution in [-0.2, 0) is 19.1 Å². The molecule has 1 aliphatic carbocycles. The minimum Gasteiger partial charge on any atom is -0.481 e. The molecule has 0 saturated heterocycles. The molecule has 1 aliphatic rings. The molecule has 1 saturated carbocycles. The molecule has 0 spiro atoms. The normalized spacial score (nSPS) is 22.4. The predicted octanol–water partition coefficient (Wildman–Crippen LogP) is -0.271. The number of carbonyl (C=O) groups excluding carboxylic acids is 2. The highest BCUT2D eigenvalue weighted by Crippen LogP contribution is 2.39. The highest BCUT2D eigenvalue weighted by molar-refractivity contribution is 5.91.